The molecule has 0 bridgehead atoms. The van der Waals surface area contributed by atoms with Crippen molar-refractivity contribution in [2.75, 3.05) is 13.7 Å². The smallest absolute Gasteiger partial charge is 0.330 e. The fraction of sp³-hybridized carbons (Fsp3) is 0.312. The Morgan fingerprint density at radius 1 is 1.26 bits per heavy atom. The molecule has 3 nitrogen and oxygen atoms in total. The zero-order valence-corrected chi connectivity index (χ0v) is 11.5. The predicted molar refractivity (Wildman–Crippen MR) is 77.0 cm³/mol. The Hall–Kier alpha value is -2.03. The second kappa shape index (κ2) is 8.97. The molecule has 0 atom stereocenters. The number of hydrogen-bond acceptors (Lipinski definition) is 3. The van der Waals surface area contributed by atoms with Gasteiger partial charge < -0.3 is 9.47 Å². The summed E-state index contributed by atoms with van der Waals surface area (Å²) < 4.78 is 10.1. The van der Waals surface area contributed by atoms with Gasteiger partial charge in [-0.2, -0.15) is 0 Å². The highest BCUT2D eigenvalue weighted by Crippen LogP contribution is 2.12. The van der Waals surface area contributed by atoms with Gasteiger partial charge in [0.25, 0.3) is 0 Å². The van der Waals surface area contributed by atoms with Crippen LogP contribution in [0.25, 0.3) is 6.08 Å². The van der Waals surface area contributed by atoms with E-state index in [1.54, 1.807) is 13.2 Å². The topological polar surface area (TPSA) is 35.5 Å². The molecule has 0 aliphatic rings. The van der Waals surface area contributed by atoms with Gasteiger partial charge in [0.2, 0.25) is 0 Å². The lowest BCUT2D eigenvalue weighted by atomic mass is 10.2. The molecule has 0 amide bonds. The summed E-state index contributed by atoms with van der Waals surface area (Å²) in [5.74, 6) is 0.486. The van der Waals surface area contributed by atoms with E-state index in [2.05, 4.69) is 6.08 Å². The highest BCUT2D eigenvalue weighted by atomic mass is 16.5. The molecule has 102 valence electrons. The molecule has 19 heavy (non-hydrogen) atoms. The molecule has 3 heteroatoms. The number of ether oxygens (including phenoxy) is 2. The third-order valence-electron chi connectivity index (χ3n) is 2.52. The number of rotatable bonds is 7. The summed E-state index contributed by atoms with van der Waals surface area (Å²) in [6, 6.07) is 7.47. The Labute approximate surface area is 114 Å². The third kappa shape index (κ3) is 6.46. The SMILES string of the molecule is C/C=C/CCCOC(=O)/C=C/c1ccc(OC)cc1. The molecule has 0 saturated carbocycles. The van der Waals surface area contributed by atoms with E-state index < -0.39 is 0 Å². The molecular weight excluding hydrogens is 240 g/mol. The molecule has 1 rings (SSSR count). The van der Waals surface area contributed by atoms with E-state index in [4.69, 9.17) is 9.47 Å². The molecule has 0 N–H and O–H groups in total. The fourth-order valence-electron chi connectivity index (χ4n) is 1.47. The van der Waals surface area contributed by atoms with Gasteiger partial charge in [-0.15, -0.1) is 0 Å². The Morgan fingerprint density at radius 3 is 2.63 bits per heavy atom. The van der Waals surface area contributed by atoms with Gasteiger partial charge in [0, 0.05) is 6.08 Å². The van der Waals surface area contributed by atoms with Crippen LogP contribution in [-0.4, -0.2) is 19.7 Å². The van der Waals surface area contributed by atoms with Crippen molar-refractivity contribution >= 4 is 12.0 Å². The van der Waals surface area contributed by atoms with Crippen molar-refractivity contribution < 1.29 is 14.3 Å². The number of methoxy groups -OCH3 is 1. The van der Waals surface area contributed by atoms with Crippen LogP contribution >= 0.6 is 0 Å². The Kier molecular flexibility index (Phi) is 7.10. The zero-order chi connectivity index (χ0) is 13.9. The highest BCUT2D eigenvalue weighted by molar-refractivity contribution is 5.87. The highest BCUT2D eigenvalue weighted by Gasteiger charge is 1.96. The lowest BCUT2D eigenvalue weighted by molar-refractivity contribution is -0.137. The van der Waals surface area contributed by atoms with Crippen LogP contribution in [0.5, 0.6) is 5.75 Å². The molecule has 0 radical (unpaired) electrons. The molecule has 0 aromatic heterocycles. The van der Waals surface area contributed by atoms with E-state index in [0.717, 1.165) is 24.2 Å². The molecule has 0 unspecified atom stereocenters. The van der Waals surface area contributed by atoms with Crippen LogP contribution in [0.1, 0.15) is 25.3 Å². The van der Waals surface area contributed by atoms with Gasteiger partial charge in [-0.3, -0.25) is 0 Å². The summed E-state index contributed by atoms with van der Waals surface area (Å²) >= 11 is 0. The van der Waals surface area contributed by atoms with Crippen molar-refractivity contribution in [2.45, 2.75) is 19.8 Å². The predicted octanol–water partition coefficient (Wildman–Crippen LogP) is 3.61. The van der Waals surface area contributed by atoms with Gasteiger partial charge in [0.1, 0.15) is 5.75 Å². The molecular formula is C16H20O3. The van der Waals surface area contributed by atoms with E-state index in [9.17, 15) is 4.79 Å². The number of carbonyl (C=O) groups excluding carboxylic acids is 1. The van der Waals surface area contributed by atoms with Crippen LogP contribution in [0.3, 0.4) is 0 Å². The minimum atomic E-state index is -0.309. The van der Waals surface area contributed by atoms with E-state index in [1.165, 1.54) is 6.08 Å². The van der Waals surface area contributed by atoms with E-state index >= 15 is 0 Å². The minimum Gasteiger partial charge on any atom is -0.497 e. The Morgan fingerprint density at radius 2 is 2.00 bits per heavy atom. The maximum Gasteiger partial charge on any atom is 0.330 e. The molecule has 0 fully saturated rings. The number of unbranched alkanes of at least 4 members (excludes halogenated alkanes) is 1. The average Bonchev–Trinajstić information content (AvgIpc) is 2.45. The minimum absolute atomic E-state index is 0.309. The first kappa shape index (κ1) is 15.0. The molecule has 0 saturated heterocycles. The summed E-state index contributed by atoms with van der Waals surface area (Å²) in [5, 5.41) is 0. The fourth-order valence-corrected chi connectivity index (χ4v) is 1.47. The largest absolute Gasteiger partial charge is 0.497 e. The number of hydrogen-bond donors (Lipinski definition) is 0. The van der Waals surface area contributed by atoms with Crippen molar-refractivity contribution in [3.8, 4) is 5.75 Å². The molecule has 1 aromatic carbocycles. The zero-order valence-electron chi connectivity index (χ0n) is 11.5. The standard InChI is InChI=1S/C16H20O3/c1-3-4-5-6-13-19-16(17)12-9-14-7-10-15(18-2)11-8-14/h3-4,7-12H,5-6,13H2,1-2H3/b4-3+,12-9+. The number of benzene rings is 1. The number of carbonyl (C=O) groups is 1. The number of allylic oxidation sites excluding steroid dienone is 2. The average molecular weight is 260 g/mol. The Balaban J connectivity index is 2.32. The molecule has 0 spiro atoms. The summed E-state index contributed by atoms with van der Waals surface area (Å²) in [4.78, 5) is 11.4. The van der Waals surface area contributed by atoms with Gasteiger partial charge in [-0.1, -0.05) is 24.3 Å². The lowest BCUT2D eigenvalue weighted by Crippen LogP contribution is -2.01. The van der Waals surface area contributed by atoms with Gasteiger partial charge in [0.15, 0.2) is 0 Å². The molecule has 0 aliphatic carbocycles. The monoisotopic (exact) mass is 260 g/mol. The lowest BCUT2D eigenvalue weighted by Gasteiger charge is -2.00. The van der Waals surface area contributed by atoms with Crippen LogP contribution in [0, 0.1) is 0 Å². The second-order valence-electron chi connectivity index (χ2n) is 3.99. The van der Waals surface area contributed by atoms with E-state index in [1.807, 2.05) is 37.3 Å². The van der Waals surface area contributed by atoms with Gasteiger partial charge in [-0.25, -0.2) is 4.79 Å². The normalized spacial score (nSPS) is 11.1. The van der Waals surface area contributed by atoms with Gasteiger partial charge in [-0.05, 0) is 43.5 Å². The maximum absolute atomic E-state index is 11.4. The van der Waals surface area contributed by atoms with Crippen molar-refractivity contribution in [1.82, 2.24) is 0 Å². The van der Waals surface area contributed by atoms with E-state index in [-0.39, 0.29) is 5.97 Å². The summed E-state index contributed by atoms with van der Waals surface area (Å²) in [7, 11) is 1.62. The number of esters is 1. The van der Waals surface area contributed by atoms with Gasteiger partial charge >= 0.3 is 5.97 Å². The summed E-state index contributed by atoms with van der Waals surface area (Å²) in [6.07, 6.45) is 9.01. The molecule has 0 heterocycles. The Bertz CT molecular complexity index is 430. The van der Waals surface area contributed by atoms with Crippen LogP contribution in [0.4, 0.5) is 0 Å². The van der Waals surface area contributed by atoms with Crippen LogP contribution in [-0.2, 0) is 9.53 Å². The van der Waals surface area contributed by atoms with Crippen LogP contribution in [0.2, 0.25) is 0 Å². The van der Waals surface area contributed by atoms with Crippen molar-refractivity contribution in [3.63, 3.8) is 0 Å². The van der Waals surface area contributed by atoms with Crippen LogP contribution in [0.15, 0.2) is 42.5 Å². The second-order valence-corrected chi connectivity index (χ2v) is 3.99. The maximum atomic E-state index is 11.4. The quantitative estimate of drug-likeness (QED) is 0.325. The first-order valence-corrected chi connectivity index (χ1v) is 6.36. The summed E-state index contributed by atoms with van der Waals surface area (Å²) in [5.41, 5.74) is 0.937. The first-order chi connectivity index (χ1) is 9.26. The molecule has 1 aromatic rings. The van der Waals surface area contributed by atoms with E-state index in [0.29, 0.717) is 6.61 Å². The third-order valence-corrected chi connectivity index (χ3v) is 2.52. The van der Waals surface area contributed by atoms with Crippen molar-refractivity contribution in [3.05, 3.63) is 48.1 Å². The first-order valence-electron chi connectivity index (χ1n) is 6.36. The van der Waals surface area contributed by atoms with Gasteiger partial charge in [0.05, 0.1) is 13.7 Å². The van der Waals surface area contributed by atoms with Crippen molar-refractivity contribution in [1.29, 1.82) is 0 Å². The van der Waals surface area contributed by atoms with Crippen LogP contribution < -0.4 is 4.74 Å². The molecule has 0 aliphatic heterocycles. The van der Waals surface area contributed by atoms with Crippen molar-refractivity contribution in [2.24, 2.45) is 0 Å². The summed E-state index contributed by atoms with van der Waals surface area (Å²) in [6.45, 7) is 2.43.